The van der Waals surface area contributed by atoms with E-state index in [0.717, 1.165) is 33.1 Å². The maximum Gasteiger partial charge on any atom is 1.00 e. The maximum absolute atomic E-state index is 10.8. The minimum absolute atomic E-state index is 0. The van der Waals surface area contributed by atoms with Crippen molar-refractivity contribution in [2.24, 2.45) is 0 Å². The average Bonchev–Trinajstić information content (AvgIpc) is 2.94. The molecule has 0 amide bonds. The third-order valence-electron chi connectivity index (χ3n) is 4.65. The topological polar surface area (TPSA) is 128 Å². The number of hydrogen-bond acceptors (Lipinski definition) is 7. The molecule has 0 spiro atoms. The number of nitrogens with zero attached hydrogens (tertiary/aromatic N) is 6. The number of nitriles is 1. The van der Waals surface area contributed by atoms with Crippen molar-refractivity contribution in [3.8, 4) is 6.07 Å². The van der Waals surface area contributed by atoms with Gasteiger partial charge in [0, 0.05) is 76.9 Å². The van der Waals surface area contributed by atoms with Crippen molar-refractivity contribution in [1.82, 2.24) is 9.97 Å². The summed E-state index contributed by atoms with van der Waals surface area (Å²) < 4.78 is 2.85. The van der Waals surface area contributed by atoms with E-state index in [2.05, 4.69) is 9.97 Å². The molecule has 4 aromatic heterocycles. The van der Waals surface area contributed by atoms with Gasteiger partial charge in [0.2, 0.25) is 23.8 Å². The Morgan fingerprint density at radius 2 is 1.46 bits per heavy atom. The summed E-state index contributed by atoms with van der Waals surface area (Å²) >= 11 is 0. The first-order chi connectivity index (χ1) is 18.7. The van der Waals surface area contributed by atoms with Crippen LogP contribution in [0.25, 0.3) is 0 Å². The van der Waals surface area contributed by atoms with Gasteiger partial charge in [0.05, 0.1) is 11.6 Å². The van der Waals surface area contributed by atoms with Gasteiger partial charge in [-0.3, -0.25) is 24.8 Å². The number of Topliss-reactive ketones (excluding diaryl/α,β-unsaturated/α-hetero) is 1. The molecule has 0 aliphatic heterocycles. The zero-order valence-electron chi connectivity index (χ0n) is 24.6. The quantitative estimate of drug-likeness (QED) is 0.0671. The first kappa shape index (κ1) is 42.7. The standard InChI is InChI=1S/C8H9NO.C8H12NO.C7H6N2.C6H8NO.CN.HI.K/c1-6-5-8(7(2)10)3-4-9-6;1-3-10-9-7-5-4-6-8(9)2;1-6-4-7(5-8)2-3-9-6;1-6-4-2-3-5-7(6)8;1-2;;/h3-5H,1-2H3;4-7H,3H2,1-2H3;2-4H,1H3;2-5,8H,1H3;;1H;/q;+1;;+1;-1;;+1/p-1. The molecule has 0 radical (unpaired) electrons. The van der Waals surface area contributed by atoms with Crippen LogP contribution in [0.3, 0.4) is 0 Å². The van der Waals surface area contributed by atoms with E-state index in [1.165, 1.54) is 0 Å². The Balaban J connectivity index is -0.000000454. The Morgan fingerprint density at radius 1 is 0.927 bits per heavy atom. The molecule has 210 valence electrons. The summed E-state index contributed by atoms with van der Waals surface area (Å²) in [5.41, 5.74) is 5.12. The number of rotatable bonds is 3. The fraction of sp³-hybridized carbons (Fsp3) is 0.233. The molecule has 11 heteroatoms. The van der Waals surface area contributed by atoms with Gasteiger partial charge in [-0.05, 0) is 64.1 Å². The molecule has 0 unspecified atom stereocenters. The number of halogens is 1. The van der Waals surface area contributed by atoms with Gasteiger partial charge in [0.25, 0.3) is 0 Å². The first-order valence-corrected chi connectivity index (χ1v) is 11.9. The van der Waals surface area contributed by atoms with E-state index in [4.69, 9.17) is 27.1 Å². The normalized spacial score (nSPS) is 8.27. The second kappa shape index (κ2) is 26.1. The molecule has 9 nitrogen and oxygen atoms in total. The molecular formula is C30H35IKN6O3+. The molecule has 1 N–H and O–H groups in total. The Hall–Kier alpha value is -2.78. The number of aryl methyl sites for hydroxylation is 4. The SMILES string of the molecule is CC(=O)c1ccnc(C)c1.CCO[n+]1ccccc1C.Cc1cc(C#N)ccn1.Cc1cccc[n+]1O.[C-]#N.[I-].[K+]. The van der Waals surface area contributed by atoms with E-state index in [1.807, 2.05) is 77.2 Å². The summed E-state index contributed by atoms with van der Waals surface area (Å²) in [7, 11) is 0. The predicted octanol–water partition coefficient (Wildman–Crippen LogP) is -1.79. The van der Waals surface area contributed by atoms with Gasteiger partial charge in [-0.2, -0.15) is 5.26 Å². The molecule has 41 heavy (non-hydrogen) atoms. The number of carbonyl (C=O) groups is 1. The molecule has 0 bridgehead atoms. The molecule has 0 aromatic carbocycles. The van der Waals surface area contributed by atoms with E-state index in [-0.39, 0.29) is 81.1 Å². The fourth-order valence-electron chi connectivity index (χ4n) is 2.70. The van der Waals surface area contributed by atoms with Crippen molar-refractivity contribution in [2.75, 3.05) is 6.61 Å². The minimum atomic E-state index is 0. The number of ketones is 1. The van der Waals surface area contributed by atoms with Gasteiger partial charge in [0.15, 0.2) is 12.4 Å². The van der Waals surface area contributed by atoms with Crippen LogP contribution >= 0.6 is 0 Å². The number of pyridine rings is 4. The van der Waals surface area contributed by atoms with Crippen LogP contribution in [0.2, 0.25) is 0 Å². The van der Waals surface area contributed by atoms with Crippen molar-refractivity contribution < 1.29 is 99.7 Å². The van der Waals surface area contributed by atoms with E-state index in [1.54, 1.807) is 60.6 Å². The second-order valence-electron chi connectivity index (χ2n) is 7.81. The summed E-state index contributed by atoms with van der Waals surface area (Å²) in [6.45, 7) is 16.5. The third-order valence-corrected chi connectivity index (χ3v) is 4.65. The van der Waals surface area contributed by atoms with Crippen molar-refractivity contribution in [1.29, 1.82) is 10.5 Å². The van der Waals surface area contributed by atoms with Crippen molar-refractivity contribution >= 4 is 5.78 Å². The second-order valence-corrected chi connectivity index (χ2v) is 7.81. The molecule has 4 rings (SSSR count). The van der Waals surface area contributed by atoms with E-state index >= 15 is 0 Å². The third kappa shape index (κ3) is 19.9. The smallest absolute Gasteiger partial charge is 1.00 e. The molecule has 0 saturated carbocycles. The minimum Gasteiger partial charge on any atom is -1.00 e. The summed E-state index contributed by atoms with van der Waals surface area (Å²) in [5, 5.41) is 23.5. The van der Waals surface area contributed by atoms with Crippen LogP contribution in [0, 0.1) is 50.9 Å². The van der Waals surface area contributed by atoms with Gasteiger partial charge >= 0.3 is 51.4 Å². The van der Waals surface area contributed by atoms with Gasteiger partial charge in [-0.15, -0.1) is 0 Å². The van der Waals surface area contributed by atoms with Gasteiger partial charge in [0.1, 0.15) is 0 Å². The van der Waals surface area contributed by atoms with E-state index < -0.39 is 0 Å². The van der Waals surface area contributed by atoms with Gasteiger partial charge in [-0.25, -0.2) is 0 Å². The Morgan fingerprint density at radius 3 is 1.83 bits per heavy atom. The molecule has 0 fully saturated rings. The van der Waals surface area contributed by atoms with Crippen molar-refractivity contribution in [3.05, 3.63) is 126 Å². The van der Waals surface area contributed by atoms with E-state index in [0.29, 0.717) is 12.2 Å². The molecule has 4 heterocycles. The van der Waals surface area contributed by atoms with Crippen molar-refractivity contribution in [2.45, 2.75) is 41.5 Å². The Bertz CT molecular complexity index is 1340. The largest absolute Gasteiger partial charge is 1.00 e. The molecule has 0 aliphatic rings. The summed E-state index contributed by atoms with van der Waals surface area (Å²) in [5.74, 6) is 0.0884. The van der Waals surface area contributed by atoms with E-state index in [9.17, 15) is 4.79 Å². The van der Waals surface area contributed by atoms with Crippen LogP contribution < -0.4 is 89.7 Å². The zero-order valence-corrected chi connectivity index (χ0v) is 29.9. The van der Waals surface area contributed by atoms with Crippen LogP contribution in [-0.2, 0) is 0 Å². The van der Waals surface area contributed by atoms with Crippen LogP contribution in [0.5, 0.6) is 0 Å². The van der Waals surface area contributed by atoms with Crippen LogP contribution in [-0.4, -0.2) is 27.6 Å². The molecule has 0 saturated heterocycles. The van der Waals surface area contributed by atoms with Gasteiger partial charge in [-0.1, -0.05) is 0 Å². The monoisotopic (exact) mass is 693 g/mol. The van der Waals surface area contributed by atoms with Crippen molar-refractivity contribution in [3.63, 3.8) is 0 Å². The fourth-order valence-corrected chi connectivity index (χ4v) is 2.70. The van der Waals surface area contributed by atoms with Crippen LogP contribution in [0.1, 0.15) is 52.5 Å². The Labute approximate surface area is 302 Å². The Kier molecular flexibility index (Phi) is 27.2. The maximum atomic E-state index is 10.8. The summed E-state index contributed by atoms with van der Waals surface area (Å²) in [6.07, 6.45) is 6.77. The predicted molar refractivity (Wildman–Crippen MR) is 145 cm³/mol. The average molecular weight is 694 g/mol. The number of hydrogen-bond donors (Lipinski definition) is 1. The number of carbonyl (C=O) groups excluding carboxylic acids is 1. The molecule has 0 atom stereocenters. The number of aromatic nitrogens is 4. The molecule has 0 aliphatic carbocycles. The zero-order chi connectivity index (χ0) is 29.6. The molecule has 4 aromatic rings. The van der Waals surface area contributed by atoms with Gasteiger partial charge < -0.3 is 35.8 Å². The summed E-state index contributed by atoms with van der Waals surface area (Å²) in [6, 6.07) is 20.4. The molecular weight excluding hydrogens is 658 g/mol. The summed E-state index contributed by atoms with van der Waals surface area (Å²) in [4.78, 5) is 23.9. The van der Waals surface area contributed by atoms with Crippen LogP contribution in [0.4, 0.5) is 0 Å². The van der Waals surface area contributed by atoms with Crippen LogP contribution in [0.15, 0.2) is 85.5 Å². The first-order valence-electron chi connectivity index (χ1n) is 11.9.